The minimum absolute atomic E-state index is 0.229. The number of β-amino-alcohol motifs (C(OH)–C–C–N with tert-alkyl or cyclic N) is 1. The van der Waals surface area contributed by atoms with Crippen molar-refractivity contribution in [3.63, 3.8) is 0 Å². The number of likely N-dealkylation sites (tertiary alicyclic amines) is 1. The molecule has 1 aromatic rings. The maximum absolute atomic E-state index is 9.74. The number of aliphatic hydroxyl groups excluding tert-OH is 1. The van der Waals surface area contributed by atoms with E-state index in [0.717, 1.165) is 38.4 Å². The van der Waals surface area contributed by atoms with Crippen molar-refractivity contribution in [3.8, 4) is 0 Å². The number of hydrogen-bond donors (Lipinski definition) is 2. The van der Waals surface area contributed by atoms with Gasteiger partial charge in [0.1, 0.15) is 0 Å². The van der Waals surface area contributed by atoms with E-state index in [2.05, 4.69) is 60.4 Å². The Hall–Kier alpha value is -1.59. The Morgan fingerprint density at radius 2 is 2.13 bits per heavy atom. The molecule has 2 N–H and O–H groups in total. The van der Waals surface area contributed by atoms with Crippen molar-refractivity contribution in [2.75, 3.05) is 40.3 Å². The molecule has 1 unspecified atom stereocenters. The molecule has 5 nitrogen and oxygen atoms in total. The molecule has 1 aliphatic heterocycles. The lowest BCUT2D eigenvalue weighted by Crippen LogP contribution is -2.42. The zero-order chi connectivity index (χ0) is 16.7. The lowest BCUT2D eigenvalue weighted by atomic mass is 10.1. The Labute approximate surface area is 140 Å². The van der Waals surface area contributed by atoms with Crippen LogP contribution in [0.5, 0.6) is 0 Å². The van der Waals surface area contributed by atoms with Gasteiger partial charge >= 0.3 is 0 Å². The smallest absolute Gasteiger partial charge is 0.194 e. The third-order valence-corrected chi connectivity index (χ3v) is 4.29. The SMILES string of the molecule is CCNC(=NCC(Cc1ccccc1)N(C)C)N1CC[C@@H](O)C1. The van der Waals surface area contributed by atoms with Crippen LogP contribution >= 0.6 is 0 Å². The number of nitrogens with one attached hydrogen (secondary N) is 1. The van der Waals surface area contributed by atoms with Gasteiger partial charge in [-0.3, -0.25) is 4.99 Å². The highest BCUT2D eigenvalue weighted by molar-refractivity contribution is 5.80. The fourth-order valence-electron chi connectivity index (χ4n) is 2.85. The van der Waals surface area contributed by atoms with E-state index in [1.54, 1.807) is 0 Å². The molecule has 0 saturated carbocycles. The van der Waals surface area contributed by atoms with Crippen LogP contribution in [0.25, 0.3) is 0 Å². The van der Waals surface area contributed by atoms with Gasteiger partial charge in [0.25, 0.3) is 0 Å². The minimum Gasteiger partial charge on any atom is -0.391 e. The molecule has 1 saturated heterocycles. The molecule has 1 heterocycles. The van der Waals surface area contributed by atoms with E-state index in [1.807, 2.05) is 6.07 Å². The molecule has 128 valence electrons. The van der Waals surface area contributed by atoms with E-state index in [0.29, 0.717) is 12.6 Å². The average Bonchev–Trinajstić information content (AvgIpc) is 2.97. The monoisotopic (exact) mass is 318 g/mol. The molecule has 23 heavy (non-hydrogen) atoms. The predicted molar refractivity (Wildman–Crippen MR) is 95.8 cm³/mol. The topological polar surface area (TPSA) is 51.1 Å². The van der Waals surface area contributed by atoms with Gasteiger partial charge in [-0.05, 0) is 39.4 Å². The summed E-state index contributed by atoms with van der Waals surface area (Å²) in [6.45, 7) is 5.22. The van der Waals surface area contributed by atoms with Crippen LogP contribution in [-0.4, -0.2) is 73.3 Å². The van der Waals surface area contributed by atoms with Crippen molar-refractivity contribution in [2.45, 2.75) is 31.9 Å². The summed E-state index contributed by atoms with van der Waals surface area (Å²) in [5.74, 6) is 0.920. The Kier molecular flexibility index (Phi) is 6.86. The summed E-state index contributed by atoms with van der Waals surface area (Å²) >= 11 is 0. The van der Waals surface area contributed by atoms with Gasteiger partial charge < -0.3 is 20.2 Å². The van der Waals surface area contributed by atoms with Crippen molar-refractivity contribution in [1.82, 2.24) is 15.1 Å². The fourth-order valence-corrected chi connectivity index (χ4v) is 2.85. The number of guanidine groups is 1. The Balaban J connectivity index is 2.01. The van der Waals surface area contributed by atoms with E-state index >= 15 is 0 Å². The second kappa shape index (κ2) is 8.89. The van der Waals surface area contributed by atoms with E-state index in [1.165, 1.54) is 5.56 Å². The van der Waals surface area contributed by atoms with E-state index in [4.69, 9.17) is 4.99 Å². The number of aliphatic hydroxyl groups is 1. The summed E-state index contributed by atoms with van der Waals surface area (Å²) in [5.41, 5.74) is 1.34. The molecule has 1 fully saturated rings. The predicted octanol–water partition coefficient (Wildman–Crippen LogP) is 1.19. The molecule has 0 amide bonds. The summed E-state index contributed by atoms with van der Waals surface area (Å²) in [7, 11) is 4.21. The van der Waals surface area contributed by atoms with Crippen LogP contribution in [0.3, 0.4) is 0 Å². The number of benzene rings is 1. The Morgan fingerprint density at radius 3 is 2.70 bits per heavy atom. The first-order chi connectivity index (χ1) is 11.1. The Bertz CT molecular complexity index is 489. The molecule has 2 atom stereocenters. The largest absolute Gasteiger partial charge is 0.391 e. The van der Waals surface area contributed by atoms with Gasteiger partial charge in [-0.15, -0.1) is 0 Å². The molecule has 0 radical (unpaired) electrons. The van der Waals surface area contributed by atoms with Crippen LogP contribution in [-0.2, 0) is 6.42 Å². The Morgan fingerprint density at radius 1 is 1.39 bits per heavy atom. The second-order valence-corrected chi connectivity index (χ2v) is 6.39. The quantitative estimate of drug-likeness (QED) is 0.611. The van der Waals surface area contributed by atoms with Gasteiger partial charge in [-0.25, -0.2) is 0 Å². The molecule has 1 aromatic carbocycles. The van der Waals surface area contributed by atoms with Crippen molar-refractivity contribution in [2.24, 2.45) is 4.99 Å². The number of likely N-dealkylation sites (N-methyl/N-ethyl adjacent to an activating group) is 1. The number of rotatable bonds is 6. The highest BCUT2D eigenvalue weighted by Gasteiger charge is 2.23. The maximum Gasteiger partial charge on any atom is 0.194 e. The summed E-state index contributed by atoms with van der Waals surface area (Å²) in [6, 6.07) is 10.9. The van der Waals surface area contributed by atoms with Crippen LogP contribution in [0, 0.1) is 0 Å². The average molecular weight is 318 g/mol. The third kappa shape index (κ3) is 5.52. The number of nitrogens with zero attached hydrogens (tertiary/aromatic N) is 3. The van der Waals surface area contributed by atoms with Gasteiger partial charge in [0, 0.05) is 25.7 Å². The summed E-state index contributed by atoms with van der Waals surface area (Å²) in [4.78, 5) is 9.22. The van der Waals surface area contributed by atoms with Crippen molar-refractivity contribution >= 4 is 5.96 Å². The first-order valence-corrected chi connectivity index (χ1v) is 8.51. The molecule has 5 heteroatoms. The van der Waals surface area contributed by atoms with Crippen molar-refractivity contribution in [3.05, 3.63) is 35.9 Å². The molecule has 1 aliphatic rings. The molecular formula is C18H30N4O. The van der Waals surface area contributed by atoms with Crippen LogP contribution in [0.4, 0.5) is 0 Å². The highest BCUT2D eigenvalue weighted by Crippen LogP contribution is 2.11. The first kappa shape index (κ1) is 17.8. The van der Waals surface area contributed by atoms with Gasteiger partial charge in [0.05, 0.1) is 12.6 Å². The number of aliphatic imine (C=N–C) groups is 1. The lowest BCUT2D eigenvalue weighted by molar-refractivity contribution is 0.187. The minimum atomic E-state index is -0.229. The van der Waals surface area contributed by atoms with Crippen LogP contribution in [0.15, 0.2) is 35.3 Å². The molecule has 0 spiro atoms. The highest BCUT2D eigenvalue weighted by atomic mass is 16.3. The molecular weight excluding hydrogens is 288 g/mol. The zero-order valence-electron chi connectivity index (χ0n) is 14.6. The molecule has 0 aliphatic carbocycles. The maximum atomic E-state index is 9.74. The second-order valence-electron chi connectivity index (χ2n) is 6.39. The van der Waals surface area contributed by atoms with Gasteiger partial charge in [-0.2, -0.15) is 0 Å². The van der Waals surface area contributed by atoms with E-state index in [9.17, 15) is 5.11 Å². The summed E-state index contributed by atoms with van der Waals surface area (Å²) < 4.78 is 0. The fraction of sp³-hybridized carbons (Fsp3) is 0.611. The van der Waals surface area contributed by atoms with Crippen LogP contribution < -0.4 is 5.32 Å². The normalized spacial score (nSPS) is 20.1. The van der Waals surface area contributed by atoms with Gasteiger partial charge in [-0.1, -0.05) is 30.3 Å². The van der Waals surface area contributed by atoms with E-state index in [-0.39, 0.29) is 6.10 Å². The zero-order valence-corrected chi connectivity index (χ0v) is 14.6. The van der Waals surface area contributed by atoms with Gasteiger partial charge in [0.15, 0.2) is 5.96 Å². The summed E-state index contributed by atoms with van der Waals surface area (Å²) in [5, 5.41) is 13.1. The van der Waals surface area contributed by atoms with Crippen LogP contribution in [0.1, 0.15) is 18.9 Å². The molecule has 0 aromatic heterocycles. The lowest BCUT2D eigenvalue weighted by Gasteiger charge is -2.25. The molecule has 0 bridgehead atoms. The standard InChI is InChI=1S/C18H30N4O/c1-4-19-18(22-11-10-17(23)14-22)20-13-16(21(2)3)12-15-8-6-5-7-9-15/h5-9,16-17,23H,4,10-14H2,1-3H3,(H,19,20)/t16?,17-/m1/s1. The molecule has 2 rings (SSSR count). The van der Waals surface area contributed by atoms with E-state index < -0.39 is 0 Å². The van der Waals surface area contributed by atoms with Crippen molar-refractivity contribution < 1.29 is 5.11 Å². The first-order valence-electron chi connectivity index (χ1n) is 8.51. The summed E-state index contributed by atoms with van der Waals surface area (Å²) in [6.07, 6.45) is 1.58. The van der Waals surface area contributed by atoms with Crippen molar-refractivity contribution in [1.29, 1.82) is 0 Å². The van der Waals surface area contributed by atoms with Gasteiger partial charge in [0.2, 0.25) is 0 Å². The third-order valence-electron chi connectivity index (χ3n) is 4.29. The number of hydrogen-bond acceptors (Lipinski definition) is 3. The van der Waals surface area contributed by atoms with Crippen LogP contribution in [0.2, 0.25) is 0 Å².